The summed E-state index contributed by atoms with van der Waals surface area (Å²) < 4.78 is 11.8. The third-order valence-corrected chi connectivity index (χ3v) is 4.22. The molecule has 1 aromatic carbocycles. The van der Waals surface area contributed by atoms with Gasteiger partial charge < -0.3 is 14.6 Å². The first-order chi connectivity index (χ1) is 11.1. The second-order valence-corrected chi connectivity index (χ2v) is 7.83. The molecule has 1 aliphatic heterocycles. The number of carbonyl (C=O) groups excluding carboxylic acids is 1. The van der Waals surface area contributed by atoms with Crippen LogP contribution in [0, 0.1) is 0 Å². The molecule has 1 aromatic rings. The summed E-state index contributed by atoms with van der Waals surface area (Å²) in [7, 11) is 0. The third kappa shape index (κ3) is 4.77. The van der Waals surface area contributed by atoms with E-state index >= 15 is 0 Å². The number of likely N-dealkylation sites (tertiary alicyclic amines) is 1. The van der Waals surface area contributed by atoms with E-state index in [-0.39, 0.29) is 13.0 Å². The molecule has 1 saturated heterocycles. The van der Waals surface area contributed by atoms with Gasteiger partial charge in [-0.15, -0.1) is 0 Å². The molecule has 2 atom stereocenters. The molecule has 0 radical (unpaired) electrons. The van der Waals surface area contributed by atoms with Gasteiger partial charge in [0.1, 0.15) is 23.5 Å². The Morgan fingerprint density at radius 1 is 1.38 bits per heavy atom. The summed E-state index contributed by atoms with van der Waals surface area (Å²) in [5.41, 5.74) is -0.696. The molecule has 6 nitrogen and oxygen atoms in total. The molecule has 0 bridgehead atoms. The van der Waals surface area contributed by atoms with E-state index in [1.165, 1.54) is 4.90 Å². The van der Waals surface area contributed by atoms with Crippen LogP contribution in [0.2, 0.25) is 5.02 Å². The number of hydrogen-bond acceptors (Lipinski definition) is 4. The second-order valence-electron chi connectivity index (χ2n) is 6.54. The molecular weight excluding hydrogens is 402 g/mol. The Hall–Kier alpha value is -1.47. The van der Waals surface area contributed by atoms with Crippen LogP contribution in [0.15, 0.2) is 22.7 Å². The molecule has 1 N–H and O–H groups in total. The zero-order valence-electron chi connectivity index (χ0n) is 13.6. The maximum absolute atomic E-state index is 12.2. The lowest BCUT2D eigenvalue weighted by molar-refractivity contribution is -0.142. The Balaban J connectivity index is 2.11. The van der Waals surface area contributed by atoms with E-state index in [2.05, 4.69) is 15.9 Å². The highest BCUT2D eigenvalue weighted by Gasteiger charge is 2.42. The van der Waals surface area contributed by atoms with Crippen molar-refractivity contribution >= 4 is 39.6 Å². The predicted molar refractivity (Wildman–Crippen MR) is 92.5 cm³/mol. The molecule has 1 fully saturated rings. The van der Waals surface area contributed by atoms with E-state index in [1.54, 1.807) is 39.0 Å². The van der Waals surface area contributed by atoms with E-state index in [0.29, 0.717) is 15.2 Å². The number of nitrogens with zero attached hydrogens (tertiary/aromatic N) is 1. The van der Waals surface area contributed by atoms with Crippen molar-refractivity contribution in [2.75, 3.05) is 6.54 Å². The smallest absolute Gasteiger partial charge is 0.411 e. The number of rotatable bonds is 3. The summed E-state index contributed by atoms with van der Waals surface area (Å²) >= 11 is 9.24. The molecule has 8 heteroatoms. The number of benzene rings is 1. The molecule has 24 heavy (non-hydrogen) atoms. The number of aliphatic carboxylic acids is 1. The summed E-state index contributed by atoms with van der Waals surface area (Å²) in [5, 5.41) is 9.93. The van der Waals surface area contributed by atoms with Gasteiger partial charge in [0.05, 0.1) is 11.0 Å². The molecule has 1 amide bonds. The number of carbonyl (C=O) groups is 2. The van der Waals surface area contributed by atoms with E-state index in [9.17, 15) is 14.7 Å². The molecule has 0 aromatic heterocycles. The lowest BCUT2D eigenvalue weighted by Gasteiger charge is -2.26. The molecule has 1 heterocycles. The standard InChI is InChI=1S/C16H19BrClNO5/c1-16(2,3)24-15(22)19-8-10(7-12(19)14(20)21)23-13-5-4-9(18)6-11(13)17/h4-6,10,12H,7-8H2,1-3H3,(H,20,21). The van der Waals surface area contributed by atoms with Gasteiger partial charge in [0.25, 0.3) is 0 Å². The average molecular weight is 421 g/mol. The van der Waals surface area contributed by atoms with Gasteiger partial charge in [-0.3, -0.25) is 4.90 Å². The Bertz CT molecular complexity index is 646. The highest BCUT2D eigenvalue weighted by molar-refractivity contribution is 9.10. The van der Waals surface area contributed by atoms with Crippen LogP contribution in [0.4, 0.5) is 4.79 Å². The van der Waals surface area contributed by atoms with Crippen LogP contribution in [-0.2, 0) is 9.53 Å². The number of amides is 1. The molecule has 0 saturated carbocycles. The number of ether oxygens (including phenoxy) is 2. The summed E-state index contributed by atoms with van der Waals surface area (Å²) in [6.45, 7) is 5.33. The highest BCUT2D eigenvalue weighted by atomic mass is 79.9. The van der Waals surface area contributed by atoms with Gasteiger partial charge in [-0.05, 0) is 54.9 Å². The van der Waals surface area contributed by atoms with Crippen LogP contribution in [0.25, 0.3) is 0 Å². The van der Waals surface area contributed by atoms with Crippen LogP contribution in [-0.4, -0.2) is 46.4 Å². The molecule has 1 aliphatic rings. The monoisotopic (exact) mass is 419 g/mol. The third-order valence-electron chi connectivity index (χ3n) is 3.36. The zero-order chi connectivity index (χ0) is 18.1. The van der Waals surface area contributed by atoms with Crippen LogP contribution < -0.4 is 4.74 Å². The van der Waals surface area contributed by atoms with Gasteiger partial charge in [-0.25, -0.2) is 9.59 Å². The van der Waals surface area contributed by atoms with Crippen molar-refractivity contribution in [2.24, 2.45) is 0 Å². The normalized spacial score (nSPS) is 20.8. The van der Waals surface area contributed by atoms with Crippen LogP contribution in [0.5, 0.6) is 5.75 Å². The SMILES string of the molecule is CC(C)(C)OC(=O)N1CC(Oc2ccc(Cl)cc2Br)CC1C(=O)O. The maximum atomic E-state index is 12.2. The minimum Gasteiger partial charge on any atom is -0.487 e. The Morgan fingerprint density at radius 2 is 2.04 bits per heavy atom. The summed E-state index contributed by atoms with van der Waals surface area (Å²) in [6, 6.07) is 4.08. The lowest BCUT2D eigenvalue weighted by atomic mass is 10.2. The fourth-order valence-electron chi connectivity index (χ4n) is 2.39. The largest absolute Gasteiger partial charge is 0.487 e. The molecule has 0 spiro atoms. The van der Waals surface area contributed by atoms with E-state index in [0.717, 1.165) is 0 Å². The first-order valence-corrected chi connectivity index (χ1v) is 8.58. The van der Waals surface area contributed by atoms with Crippen molar-refractivity contribution in [3.63, 3.8) is 0 Å². The molecule has 2 unspecified atom stereocenters. The average Bonchev–Trinajstić information content (AvgIpc) is 2.84. The van der Waals surface area contributed by atoms with Crippen molar-refractivity contribution in [2.45, 2.75) is 44.9 Å². The number of carboxylic acid groups (broad SMARTS) is 1. The summed E-state index contributed by atoms with van der Waals surface area (Å²) in [6.07, 6.45) is -0.920. The van der Waals surface area contributed by atoms with Crippen molar-refractivity contribution in [3.05, 3.63) is 27.7 Å². The lowest BCUT2D eigenvalue weighted by Crippen LogP contribution is -2.43. The molecular formula is C16H19BrClNO5. The van der Waals surface area contributed by atoms with Crippen LogP contribution in [0.1, 0.15) is 27.2 Å². The van der Waals surface area contributed by atoms with Crippen molar-refractivity contribution in [1.82, 2.24) is 4.90 Å². The van der Waals surface area contributed by atoms with Gasteiger partial charge >= 0.3 is 12.1 Å². The van der Waals surface area contributed by atoms with Gasteiger partial charge in [0, 0.05) is 11.4 Å². The first-order valence-electron chi connectivity index (χ1n) is 7.41. The van der Waals surface area contributed by atoms with Crippen molar-refractivity contribution < 1.29 is 24.2 Å². The van der Waals surface area contributed by atoms with E-state index < -0.39 is 29.8 Å². The van der Waals surface area contributed by atoms with Gasteiger partial charge in [-0.2, -0.15) is 0 Å². The second kappa shape index (κ2) is 7.19. The summed E-state index contributed by atoms with van der Waals surface area (Å²) in [5.74, 6) is -0.540. The fourth-order valence-corrected chi connectivity index (χ4v) is 3.17. The predicted octanol–water partition coefficient (Wildman–Crippen LogP) is 3.94. The first kappa shape index (κ1) is 18.9. The quantitative estimate of drug-likeness (QED) is 0.801. The van der Waals surface area contributed by atoms with E-state index in [4.69, 9.17) is 21.1 Å². The molecule has 132 valence electrons. The molecule has 0 aliphatic carbocycles. The minimum absolute atomic E-state index is 0.140. The van der Waals surface area contributed by atoms with Crippen LogP contribution in [0.3, 0.4) is 0 Å². The topological polar surface area (TPSA) is 76.1 Å². The number of carboxylic acids is 1. The Kier molecular flexibility index (Phi) is 5.65. The van der Waals surface area contributed by atoms with Crippen LogP contribution >= 0.6 is 27.5 Å². The van der Waals surface area contributed by atoms with Gasteiger partial charge in [-0.1, -0.05) is 11.6 Å². The number of hydrogen-bond donors (Lipinski definition) is 1. The van der Waals surface area contributed by atoms with Crippen molar-refractivity contribution in [1.29, 1.82) is 0 Å². The number of halogens is 2. The minimum atomic E-state index is -1.08. The molecule has 2 rings (SSSR count). The van der Waals surface area contributed by atoms with Crippen molar-refractivity contribution in [3.8, 4) is 5.75 Å². The summed E-state index contributed by atoms with van der Waals surface area (Å²) in [4.78, 5) is 24.9. The Morgan fingerprint density at radius 3 is 2.58 bits per heavy atom. The highest BCUT2D eigenvalue weighted by Crippen LogP contribution is 2.31. The Labute approximate surface area is 153 Å². The van der Waals surface area contributed by atoms with Gasteiger partial charge in [0.2, 0.25) is 0 Å². The van der Waals surface area contributed by atoms with Gasteiger partial charge in [0.15, 0.2) is 0 Å². The van der Waals surface area contributed by atoms with E-state index in [1.807, 2.05) is 0 Å². The fraction of sp³-hybridized carbons (Fsp3) is 0.500. The zero-order valence-corrected chi connectivity index (χ0v) is 15.9. The maximum Gasteiger partial charge on any atom is 0.411 e.